The van der Waals surface area contributed by atoms with Gasteiger partial charge in [-0.2, -0.15) is 0 Å². The van der Waals surface area contributed by atoms with E-state index in [2.05, 4.69) is 34.9 Å². The average Bonchev–Trinajstić information content (AvgIpc) is 2.68. The molecule has 100 valence electrons. The molecule has 0 spiro atoms. The van der Waals surface area contributed by atoms with Crippen molar-refractivity contribution in [2.24, 2.45) is 0 Å². The predicted molar refractivity (Wildman–Crippen MR) is 73.6 cm³/mol. The second-order valence-electron chi connectivity index (χ2n) is 5.24. The summed E-state index contributed by atoms with van der Waals surface area (Å²) in [5.74, 6) is 0.325. The molecule has 1 saturated carbocycles. The lowest BCUT2D eigenvalue weighted by Gasteiger charge is -2.49. The van der Waals surface area contributed by atoms with E-state index in [1.54, 1.807) is 17.0 Å². The number of rotatable bonds is 4. The highest BCUT2D eigenvalue weighted by Gasteiger charge is 2.40. The quantitative estimate of drug-likeness (QED) is 0.857. The number of hydrogen-bond donors (Lipinski definition) is 0. The number of carbonyl (C=O) groups is 1. The van der Waals surface area contributed by atoms with E-state index >= 15 is 0 Å². The molecular formula is C13H19BrN2O2. The normalized spacial score (nSPS) is 17.6. The Labute approximate surface area is 116 Å². The summed E-state index contributed by atoms with van der Waals surface area (Å²) in [7, 11) is 6.00. The number of furan rings is 1. The van der Waals surface area contributed by atoms with Gasteiger partial charge in [0.1, 0.15) is 0 Å². The summed E-state index contributed by atoms with van der Waals surface area (Å²) in [6.07, 6.45) is 3.55. The Bertz CT molecular complexity index is 438. The fourth-order valence-electron chi connectivity index (χ4n) is 2.46. The Hall–Kier alpha value is -0.810. The molecule has 0 unspecified atom stereocenters. The van der Waals surface area contributed by atoms with Gasteiger partial charge in [-0.15, -0.1) is 0 Å². The largest absolute Gasteiger partial charge is 0.444 e. The van der Waals surface area contributed by atoms with Crippen molar-refractivity contribution in [1.29, 1.82) is 0 Å². The van der Waals surface area contributed by atoms with E-state index in [1.807, 2.05) is 7.05 Å². The molecule has 1 heterocycles. The summed E-state index contributed by atoms with van der Waals surface area (Å²) in [6, 6.07) is 3.44. The molecule has 0 aliphatic heterocycles. The van der Waals surface area contributed by atoms with Crippen LogP contribution in [0.2, 0.25) is 0 Å². The molecular weight excluding hydrogens is 296 g/mol. The van der Waals surface area contributed by atoms with Gasteiger partial charge in [0.05, 0.1) is 0 Å². The molecule has 1 fully saturated rings. The van der Waals surface area contributed by atoms with E-state index in [9.17, 15) is 4.79 Å². The lowest BCUT2D eigenvalue weighted by atomic mass is 9.75. The van der Waals surface area contributed by atoms with Crippen molar-refractivity contribution in [1.82, 2.24) is 9.80 Å². The third-order valence-corrected chi connectivity index (χ3v) is 4.32. The highest BCUT2D eigenvalue weighted by Crippen LogP contribution is 2.36. The molecule has 18 heavy (non-hydrogen) atoms. The van der Waals surface area contributed by atoms with Crippen molar-refractivity contribution in [2.75, 3.05) is 27.7 Å². The van der Waals surface area contributed by atoms with Crippen LogP contribution in [0.1, 0.15) is 29.8 Å². The maximum absolute atomic E-state index is 12.2. The topological polar surface area (TPSA) is 36.7 Å². The minimum absolute atomic E-state index is 0.0613. The van der Waals surface area contributed by atoms with Crippen LogP contribution in [0.5, 0.6) is 0 Å². The molecule has 0 atom stereocenters. The average molecular weight is 315 g/mol. The van der Waals surface area contributed by atoms with Crippen LogP contribution in [-0.4, -0.2) is 48.9 Å². The first-order valence-corrected chi connectivity index (χ1v) is 6.92. The third kappa shape index (κ3) is 2.47. The van der Waals surface area contributed by atoms with Gasteiger partial charge in [-0.05, 0) is 61.4 Å². The summed E-state index contributed by atoms with van der Waals surface area (Å²) in [5, 5.41) is 0. The van der Waals surface area contributed by atoms with Gasteiger partial charge in [0, 0.05) is 19.1 Å². The number of hydrogen-bond acceptors (Lipinski definition) is 3. The molecule has 0 N–H and O–H groups in total. The van der Waals surface area contributed by atoms with Gasteiger partial charge in [-0.25, -0.2) is 0 Å². The van der Waals surface area contributed by atoms with Crippen LogP contribution in [0.15, 0.2) is 21.2 Å². The van der Waals surface area contributed by atoms with Crippen molar-refractivity contribution in [3.05, 3.63) is 22.6 Å². The van der Waals surface area contributed by atoms with Crippen LogP contribution in [0.25, 0.3) is 0 Å². The number of likely N-dealkylation sites (N-methyl/N-ethyl adjacent to an activating group) is 2. The molecule has 2 rings (SSSR count). The van der Waals surface area contributed by atoms with Gasteiger partial charge in [0.15, 0.2) is 10.4 Å². The molecule has 1 aromatic heterocycles. The van der Waals surface area contributed by atoms with Crippen LogP contribution in [0.4, 0.5) is 0 Å². The maximum Gasteiger partial charge on any atom is 0.289 e. The van der Waals surface area contributed by atoms with Gasteiger partial charge >= 0.3 is 0 Å². The van der Waals surface area contributed by atoms with E-state index < -0.39 is 0 Å². The van der Waals surface area contributed by atoms with Crippen LogP contribution < -0.4 is 0 Å². The Morgan fingerprint density at radius 3 is 2.44 bits per heavy atom. The van der Waals surface area contributed by atoms with E-state index in [0.29, 0.717) is 10.4 Å². The van der Waals surface area contributed by atoms with Gasteiger partial charge in [-0.3, -0.25) is 4.79 Å². The highest BCUT2D eigenvalue weighted by molar-refractivity contribution is 9.10. The van der Waals surface area contributed by atoms with Crippen LogP contribution in [0.3, 0.4) is 0 Å². The van der Waals surface area contributed by atoms with Crippen molar-refractivity contribution < 1.29 is 9.21 Å². The smallest absolute Gasteiger partial charge is 0.289 e. The number of amides is 1. The minimum atomic E-state index is -0.0613. The predicted octanol–water partition coefficient (Wildman–Crippen LogP) is 2.60. The SMILES string of the molecule is CN(CC1(N(C)C)CCC1)C(=O)c1ccc(Br)o1. The molecule has 0 bridgehead atoms. The fourth-order valence-corrected chi connectivity index (χ4v) is 2.77. The van der Waals surface area contributed by atoms with Crippen molar-refractivity contribution in [2.45, 2.75) is 24.8 Å². The third-order valence-electron chi connectivity index (χ3n) is 3.90. The molecule has 1 amide bonds. The lowest BCUT2D eigenvalue weighted by molar-refractivity contribution is 0.0239. The van der Waals surface area contributed by atoms with Gasteiger partial charge in [0.2, 0.25) is 0 Å². The summed E-state index contributed by atoms with van der Waals surface area (Å²) in [5.41, 5.74) is 0.147. The number of carbonyl (C=O) groups excluding carboxylic acids is 1. The first kappa shape index (κ1) is 13.6. The molecule has 1 aliphatic rings. The van der Waals surface area contributed by atoms with Crippen molar-refractivity contribution in [3.8, 4) is 0 Å². The summed E-state index contributed by atoms with van der Waals surface area (Å²) in [4.78, 5) is 16.2. The number of nitrogens with zero attached hydrogens (tertiary/aromatic N) is 2. The van der Waals surface area contributed by atoms with E-state index in [0.717, 1.165) is 19.4 Å². The van der Waals surface area contributed by atoms with Gasteiger partial charge in [-0.1, -0.05) is 0 Å². The number of halogens is 1. The Kier molecular flexibility index (Phi) is 3.82. The van der Waals surface area contributed by atoms with Gasteiger partial charge in [0.25, 0.3) is 5.91 Å². The Morgan fingerprint density at radius 2 is 2.06 bits per heavy atom. The molecule has 5 heteroatoms. The first-order chi connectivity index (χ1) is 8.44. The van der Waals surface area contributed by atoms with E-state index in [4.69, 9.17) is 4.42 Å². The zero-order valence-electron chi connectivity index (χ0n) is 11.1. The van der Waals surface area contributed by atoms with E-state index in [1.165, 1.54) is 6.42 Å². The molecule has 4 nitrogen and oxygen atoms in total. The molecule has 1 aliphatic carbocycles. The molecule has 1 aromatic rings. The second-order valence-corrected chi connectivity index (χ2v) is 6.02. The zero-order chi connectivity index (χ0) is 13.3. The van der Waals surface area contributed by atoms with Gasteiger partial charge < -0.3 is 14.2 Å². The van der Waals surface area contributed by atoms with Crippen LogP contribution in [-0.2, 0) is 0 Å². The van der Waals surface area contributed by atoms with Crippen LogP contribution in [0, 0.1) is 0 Å². The minimum Gasteiger partial charge on any atom is -0.444 e. The Balaban J connectivity index is 2.03. The van der Waals surface area contributed by atoms with Crippen molar-refractivity contribution in [3.63, 3.8) is 0 Å². The monoisotopic (exact) mass is 314 g/mol. The molecule has 0 saturated heterocycles. The van der Waals surface area contributed by atoms with Crippen molar-refractivity contribution >= 4 is 21.8 Å². The second kappa shape index (κ2) is 5.05. The molecule has 0 radical (unpaired) electrons. The lowest BCUT2D eigenvalue weighted by Crippen LogP contribution is -2.57. The molecule has 0 aromatic carbocycles. The summed E-state index contributed by atoms with van der Waals surface area (Å²) < 4.78 is 5.89. The van der Waals surface area contributed by atoms with E-state index in [-0.39, 0.29) is 11.4 Å². The highest BCUT2D eigenvalue weighted by atomic mass is 79.9. The standard InChI is InChI=1S/C13H19BrN2O2/c1-15(2)13(7-4-8-13)9-16(3)12(17)10-5-6-11(14)18-10/h5-6H,4,7-9H2,1-3H3. The fraction of sp³-hybridized carbons (Fsp3) is 0.615. The maximum atomic E-state index is 12.2. The zero-order valence-corrected chi connectivity index (χ0v) is 12.7. The Morgan fingerprint density at radius 1 is 1.39 bits per heavy atom. The summed E-state index contributed by atoms with van der Waals surface area (Å²) in [6.45, 7) is 0.747. The first-order valence-electron chi connectivity index (χ1n) is 6.13. The van der Waals surface area contributed by atoms with Crippen LogP contribution >= 0.6 is 15.9 Å². The summed E-state index contributed by atoms with van der Waals surface area (Å²) >= 11 is 3.21.